The molecule has 1 rings (SSSR count). The first-order valence-corrected chi connectivity index (χ1v) is 7.71. The molecule has 1 aromatic carbocycles. The normalized spacial score (nSPS) is 12.4. The van der Waals surface area contributed by atoms with Crippen molar-refractivity contribution in [1.82, 2.24) is 5.32 Å². The van der Waals surface area contributed by atoms with Gasteiger partial charge < -0.3 is 10.4 Å². The largest absolute Gasteiger partial charge is 0.507 e. The second-order valence-corrected chi connectivity index (χ2v) is 7.47. The topological polar surface area (TPSA) is 83.5 Å². The molecule has 19 heavy (non-hydrogen) atoms. The van der Waals surface area contributed by atoms with Crippen LogP contribution >= 0.6 is 0 Å². The van der Waals surface area contributed by atoms with E-state index in [4.69, 9.17) is 0 Å². The van der Waals surface area contributed by atoms with Crippen LogP contribution in [0.3, 0.4) is 0 Å². The first-order chi connectivity index (χ1) is 8.50. The third-order valence-electron chi connectivity index (χ3n) is 2.46. The number of Topliss-reactive ketones (excluding diaryl/α,β-unsaturated/α-hetero) is 1. The Bertz CT molecular complexity index is 585. The summed E-state index contributed by atoms with van der Waals surface area (Å²) in [5.74, 6) is -0.567. The van der Waals surface area contributed by atoms with E-state index in [0.29, 0.717) is 0 Å². The number of aromatic hydroxyl groups is 1. The summed E-state index contributed by atoms with van der Waals surface area (Å²) in [5.41, 5.74) is 0.0571. The number of carbonyl (C=O) groups is 1. The molecule has 0 aliphatic carbocycles. The van der Waals surface area contributed by atoms with Gasteiger partial charge in [0.1, 0.15) is 10.6 Å². The molecule has 0 saturated heterocycles. The van der Waals surface area contributed by atoms with Gasteiger partial charge in [-0.3, -0.25) is 4.79 Å². The summed E-state index contributed by atoms with van der Waals surface area (Å²) in [6.07, 6.45) is 0.990. The zero-order valence-corrected chi connectivity index (χ0v) is 12.3. The Balaban J connectivity index is 3.00. The number of ketones is 1. The zero-order chi connectivity index (χ0) is 14.8. The molecule has 6 heteroatoms. The van der Waals surface area contributed by atoms with Crippen LogP contribution in [-0.4, -0.2) is 37.6 Å². The summed E-state index contributed by atoms with van der Waals surface area (Å²) >= 11 is 0. The van der Waals surface area contributed by atoms with Gasteiger partial charge in [-0.05, 0) is 39.0 Å². The first-order valence-electron chi connectivity index (χ1n) is 5.82. The van der Waals surface area contributed by atoms with Gasteiger partial charge in [0.15, 0.2) is 15.6 Å². The van der Waals surface area contributed by atoms with Crippen molar-refractivity contribution >= 4 is 15.6 Å². The number of hydrogen-bond acceptors (Lipinski definition) is 5. The van der Waals surface area contributed by atoms with E-state index in [9.17, 15) is 18.3 Å². The van der Waals surface area contributed by atoms with E-state index in [0.717, 1.165) is 6.26 Å². The minimum Gasteiger partial charge on any atom is -0.507 e. The number of sulfone groups is 1. The SMILES string of the molecule is CC(C)(C)NCC(=O)c1ccc(O)c(S(C)(=O)=O)c1. The fraction of sp³-hybridized carbons (Fsp3) is 0.462. The van der Waals surface area contributed by atoms with Crippen LogP contribution in [0.1, 0.15) is 31.1 Å². The molecule has 2 N–H and O–H groups in total. The van der Waals surface area contributed by atoms with Crippen molar-refractivity contribution in [3.05, 3.63) is 23.8 Å². The average molecular weight is 285 g/mol. The van der Waals surface area contributed by atoms with Gasteiger partial charge in [-0.25, -0.2) is 8.42 Å². The summed E-state index contributed by atoms with van der Waals surface area (Å²) in [6, 6.07) is 3.84. The molecular weight excluding hydrogens is 266 g/mol. The van der Waals surface area contributed by atoms with Crippen LogP contribution in [0.15, 0.2) is 23.1 Å². The Labute approximate surface area is 113 Å². The lowest BCUT2D eigenvalue weighted by Crippen LogP contribution is -2.39. The third-order valence-corrected chi connectivity index (χ3v) is 3.59. The fourth-order valence-corrected chi connectivity index (χ4v) is 2.22. The van der Waals surface area contributed by atoms with Gasteiger partial charge in [0, 0.05) is 17.4 Å². The number of phenols is 1. The highest BCUT2D eigenvalue weighted by Crippen LogP contribution is 2.23. The molecule has 0 bridgehead atoms. The van der Waals surface area contributed by atoms with Gasteiger partial charge in [0.25, 0.3) is 0 Å². The molecular formula is C13H19NO4S. The predicted molar refractivity (Wildman–Crippen MR) is 73.3 cm³/mol. The van der Waals surface area contributed by atoms with Gasteiger partial charge in [0.05, 0.1) is 6.54 Å². The van der Waals surface area contributed by atoms with Crippen molar-refractivity contribution in [2.75, 3.05) is 12.8 Å². The van der Waals surface area contributed by atoms with Crippen LogP contribution < -0.4 is 5.32 Å². The maximum Gasteiger partial charge on any atom is 0.179 e. The summed E-state index contributed by atoms with van der Waals surface area (Å²) in [7, 11) is -3.56. The lowest BCUT2D eigenvalue weighted by molar-refractivity contribution is 0.0982. The Morgan fingerprint density at radius 2 is 1.89 bits per heavy atom. The van der Waals surface area contributed by atoms with E-state index in [1.165, 1.54) is 18.2 Å². The molecule has 1 aromatic rings. The quantitative estimate of drug-likeness (QED) is 0.816. The van der Waals surface area contributed by atoms with Crippen LogP contribution in [0, 0.1) is 0 Å². The van der Waals surface area contributed by atoms with E-state index < -0.39 is 9.84 Å². The smallest absolute Gasteiger partial charge is 0.179 e. The van der Waals surface area contributed by atoms with Crippen LogP contribution in [0.2, 0.25) is 0 Å². The van der Waals surface area contributed by atoms with E-state index in [2.05, 4.69) is 5.32 Å². The van der Waals surface area contributed by atoms with E-state index >= 15 is 0 Å². The molecule has 5 nitrogen and oxygen atoms in total. The standard InChI is InChI=1S/C13H19NO4S/c1-13(2,3)14-8-11(16)9-5-6-10(15)12(7-9)19(4,17)18/h5-7,14-15H,8H2,1-4H3. The summed E-state index contributed by atoms with van der Waals surface area (Å²) in [4.78, 5) is 11.7. The highest BCUT2D eigenvalue weighted by Gasteiger charge is 2.17. The van der Waals surface area contributed by atoms with Crippen LogP contribution in [0.5, 0.6) is 5.75 Å². The fourth-order valence-electron chi connectivity index (χ4n) is 1.43. The minimum atomic E-state index is -3.56. The Morgan fingerprint density at radius 1 is 1.32 bits per heavy atom. The average Bonchev–Trinajstić information content (AvgIpc) is 2.24. The Morgan fingerprint density at radius 3 is 2.37 bits per heavy atom. The van der Waals surface area contributed by atoms with Crippen LogP contribution in [0.25, 0.3) is 0 Å². The number of phenolic OH excluding ortho intramolecular Hbond substituents is 1. The van der Waals surface area contributed by atoms with Crippen molar-refractivity contribution in [3.8, 4) is 5.75 Å². The number of rotatable bonds is 4. The van der Waals surface area contributed by atoms with Crippen LogP contribution in [0.4, 0.5) is 0 Å². The van der Waals surface area contributed by atoms with Crippen molar-refractivity contribution in [2.45, 2.75) is 31.2 Å². The molecule has 0 saturated carbocycles. The molecule has 106 valence electrons. The van der Waals surface area contributed by atoms with E-state index in [1.807, 2.05) is 20.8 Å². The maximum atomic E-state index is 11.9. The third kappa shape index (κ3) is 4.65. The van der Waals surface area contributed by atoms with Crippen molar-refractivity contribution in [3.63, 3.8) is 0 Å². The lowest BCUT2D eigenvalue weighted by atomic mass is 10.1. The van der Waals surface area contributed by atoms with Crippen molar-refractivity contribution in [1.29, 1.82) is 0 Å². The molecule has 0 aromatic heterocycles. The maximum absolute atomic E-state index is 11.9. The van der Waals surface area contributed by atoms with Gasteiger partial charge in [-0.2, -0.15) is 0 Å². The number of benzene rings is 1. The van der Waals surface area contributed by atoms with Gasteiger partial charge in [-0.1, -0.05) is 0 Å². The molecule has 0 unspecified atom stereocenters. The van der Waals surface area contributed by atoms with E-state index in [-0.39, 0.29) is 34.1 Å². The first kappa shape index (κ1) is 15.7. The van der Waals surface area contributed by atoms with Crippen molar-refractivity contribution < 1.29 is 18.3 Å². The second-order valence-electron chi connectivity index (χ2n) is 5.48. The monoisotopic (exact) mass is 285 g/mol. The lowest BCUT2D eigenvalue weighted by Gasteiger charge is -2.19. The van der Waals surface area contributed by atoms with E-state index in [1.54, 1.807) is 0 Å². The molecule has 0 fully saturated rings. The molecule has 0 aliphatic rings. The molecule has 0 spiro atoms. The highest BCUT2D eigenvalue weighted by atomic mass is 32.2. The number of hydrogen-bond donors (Lipinski definition) is 2. The Kier molecular flexibility index (Phi) is 4.37. The number of nitrogens with one attached hydrogen (secondary N) is 1. The van der Waals surface area contributed by atoms with Crippen molar-refractivity contribution in [2.24, 2.45) is 0 Å². The Hall–Kier alpha value is -1.40. The van der Waals surface area contributed by atoms with Gasteiger partial charge in [0.2, 0.25) is 0 Å². The van der Waals surface area contributed by atoms with Gasteiger partial charge in [-0.15, -0.1) is 0 Å². The molecule has 0 amide bonds. The zero-order valence-electron chi connectivity index (χ0n) is 11.5. The minimum absolute atomic E-state index is 0.109. The number of carbonyl (C=O) groups excluding carboxylic acids is 1. The van der Waals surface area contributed by atoms with Crippen LogP contribution in [-0.2, 0) is 9.84 Å². The van der Waals surface area contributed by atoms with Gasteiger partial charge >= 0.3 is 0 Å². The highest BCUT2D eigenvalue weighted by molar-refractivity contribution is 7.90. The molecule has 0 aliphatic heterocycles. The molecule has 0 heterocycles. The predicted octanol–water partition coefficient (Wildman–Crippen LogP) is 1.37. The second kappa shape index (κ2) is 5.30. The summed E-state index contributed by atoms with van der Waals surface area (Å²) in [5, 5.41) is 12.5. The molecule has 0 radical (unpaired) electrons. The summed E-state index contributed by atoms with van der Waals surface area (Å²) in [6.45, 7) is 5.90. The molecule has 0 atom stereocenters. The summed E-state index contributed by atoms with van der Waals surface area (Å²) < 4.78 is 22.9.